The standard InChI is InChI=1S/C17H19N3O2/c1-3-9-20-10-5-4-6-15(20)17(21)19-13-7-8-16-14(11-13)18-12(2)22-16/h1,7-8,11,15H,4-6,9-10H2,2H3,(H,19,21). The Labute approximate surface area is 129 Å². The maximum atomic E-state index is 12.5. The van der Waals surface area contributed by atoms with Crippen molar-refractivity contribution in [2.75, 3.05) is 18.4 Å². The number of terminal acetylenes is 1. The lowest BCUT2D eigenvalue weighted by molar-refractivity contribution is -0.122. The molecule has 1 aromatic heterocycles. The van der Waals surface area contributed by atoms with E-state index in [9.17, 15) is 4.79 Å². The first kappa shape index (κ1) is 14.6. The molecular formula is C17H19N3O2. The van der Waals surface area contributed by atoms with Crippen LogP contribution in [0.15, 0.2) is 22.6 Å². The summed E-state index contributed by atoms with van der Waals surface area (Å²) in [5.41, 5.74) is 2.21. The summed E-state index contributed by atoms with van der Waals surface area (Å²) in [5.74, 6) is 3.25. The summed E-state index contributed by atoms with van der Waals surface area (Å²) in [5, 5.41) is 2.97. The number of hydrogen-bond acceptors (Lipinski definition) is 4. The number of hydrogen-bond donors (Lipinski definition) is 1. The van der Waals surface area contributed by atoms with Crippen molar-refractivity contribution in [3.8, 4) is 12.3 Å². The number of carbonyl (C=O) groups is 1. The van der Waals surface area contributed by atoms with Gasteiger partial charge in [0, 0.05) is 12.6 Å². The number of aromatic nitrogens is 1. The lowest BCUT2D eigenvalue weighted by atomic mass is 10.0. The van der Waals surface area contributed by atoms with E-state index in [1.54, 1.807) is 6.92 Å². The quantitative estimate of drug-likeness (QED) is 0.885. The summed E-state index contributed by atoms with van der Waals surface area (Å²) in [6, 6.07) is 5.34. The molecule has 0 bridgehead atoms. The number of anilines is 1. The van der Waals surface area contributed by atoms with Crippen LogP contribution in [0.5, 0.6) is 0 Å². The summed E-state index contributed by atoms with van der Waals surface area (Å²) in [4.78, 5) is 18.9. The number of nitrogens with one attached hydrogen (secondary N) is 1. The van der Waals surface area contributed by atoms with Gasteiger partial charge in [0.05, 0.1) is 12.6 Å². The molecule has 5 heteroatoms. The Bertz CT molecular complexity index is 729. The Balaban J connectivity index is 1.75. The van der Waals surface area contributed by atoms with Gasteiger partial charge < -0.3 is 9.73 Å². The van der Waals surface area contributed by atoms with Crippen LogP contribution in [-0.2, 0) is 4.79 Å². The second-order valence-corrected chi connectivity index (χ2v) is 5.59. The van der Waals surface area contributed by atoms with E-state index in [0.29, 0.717) is 12.4 Å². The van der Waals surface area contributed by atoms with E-state index < -0.39 is 0 Å². The van der Waals surface area contributed by atoms with Crippen molar-refractivity contribution in [2.45, 2.75) is 32.2 Å². The average molecular weight is 297 g/mol. The van der Waals surface area contributed by atoms with Crippen LogP contribution < -0.4 is 5.32 Å². The molecule has 1 N–H and O–H groups in total. The van der Waals surface area contributed by atoms with Gasteiger partial charge in [-0.15, -0.1) is 6.42 Å². The third kappa shape index (κ3) is 2.97. The summed E-state index contributed by atoms with van der Waals surface area (Å²) in [6.45, 7) is 3.20. The first-order valence-corrected chi connectivity index (χ1v) is 7.53. The van der Waals surface area contributed by atoms with Gasteiger partial charge in [-0.25, -0.2) is 4.98 Å². The van der Waals surface area contributed by atoms with Crippen LogP contribution in [-0.4, -0.2) is 34.9 Å². The number of rotatable bonds is 3. The van der Waals surface area contributed by atoms with Gasteiger partial charge in [-0.05, 0) is 37.6 Å². The maximum absolute atomic E-state index is 12.5. The number of benzene rings is 1. The zero-order valence-corrected chi connectivity index (χ0v) is 12.6. The van der Waals surface area contributed by atoms with E-state index in [4.69, 9.17) is 10.8 Å². The third-order valence-electron chi connectivity index (χ3n) is 3.97. The third-order valence-corrected chi connectivity index (χ3v) is 3.97. The molecule has 1 saturated heterocycles. The molecule has 1 aromatic carbocycles. The van der Waals surface area contributed by atoms with E-state index in [-0.39, 0.29) is 11.9 Å². The molecule has 0 spiro atoms. The Morgan fingerprint density at radius 1 is 1.55 bits per heavy atom. The molecule has 0 radical (unpaired) electrons. The van der Waals surface area contributed by atoms with Crippen molar-refractivity contribution in [3.05, 3.63) is 24.1 Å². The van der Waals surface area contributed by atoms with Gasteiger partial charge in [-0.1, -0.05) is 12.3 Å². The predicted octanol–water partition coefficient (Wildman–Crippen LogP) is 2.56. The number of nitrogens with zero attached hydrogens (tertiary/aromatic N) is 2. The van der Waals surface area contributed by atoms with Crippen molar-refractivity contribution in [3.63, 3.8) is 0 Å². The lowest BCUT2D eigenvalue weighted by Crippen LogP contribution is -2.47. The van der Waals surface area contributed by atoms with Crippen LogP contribution >= 0.6 is 0 Å². The minimum absolute atomic E-state index is 0.00508. The molecule has 0 aliphatic carbocycles. The van der Waals surface area contributed by atoms with E-state index >= 15 is 0 Å². The molecule has 1 fully saturated rings. The van der Waals surface area contributed by atoms with E-state index in [1.165, 1.54) is 0 Å². The van der Waals surface area contributed by atoms with Crippen LogP contribution in [0.4, 0.5) is 5.69 Å². The topological polar surface area (TPSA) is 58.4 Å². The summed E-state index contributed by atoms with van der Waals surface area (Å²) < 4.78 is 5.44. The monoisotopic (exact) mass is 297 g/mol. The van der Waals surface area contributed by atoms with Gasteiger partial charge in [0.1, 0.15) is 5.52 Å². The average Bonchev–Trinajstić information content (AvgIpc) is 2.87. The zero-order valence-electron chi connectivity index (χ0n) is 12.6. The van der Waals surface area contributed by atoms with Gasteiger partial charge in [0.15, 0.2) is 11.5 Å². The fourth-order valence-electron chi connectivity index (χ4n) is 2.94. The second kappa shape index (κ2) is 6.20. The molecule has 1 amide bonds. The maximum Gasteiger partial charge on any atom is 0.241 e. The lowest BCUT2D eigenvalue weighted by Gasteiger charge is -2.33. The number of amides is 1. The Morgan fingerprint density at radius 2 is 2.41 bits per heavy atom. The molecule has 1 atom stereocenters. The van der Waals surface area contributed by atoms with Crippen LogP contribution in [0.3, 0.4) is 0 Å². The van der Waals surface area contributed by atoms with E-state index in [1.807, 2.05) is 18.2 Å². The number of oxazole rings is 1. The molecule has 22 heavy (non-hydrogen) atoms. The number of piperidine rings is 1. The first-order valence-electron chi connectivity index (χ1n) is 7.53. The number of aryl methyl sites for hydroxylation is 1. The molecule has 0 saturated carbocycles. The van der Waals surface area contributed by atoms with Gasteiger partial charge in [-0.2, -0.15) is 0 Å². The number of carbonyl (C=O) groups excluding carboxylic acids is 1. The van der Waals surface area contributed by atoms with Crippen molar-refractivity contribution in [1.29, 1.82) is 0 Å². The van der Waals surface area contributed by atoms with Gasteiger partial charge in [0.2, 0.25) is 5.91 Å². The fraction of sp³-hybridized carbons (Fsp3) is 0.412. The molecule has 2 heterocycles. The van der Waals surface area contributed by atoms with Crippen LogP contribution in [0.1, 0.15) is 25.2 Å². The van der Waals surface area contributed by atoms with Crippen LogP contribution in [0.2, 0.25) is 0 Å². The highest BCUT2D eigenvalue weighted by molar-refractivity contribution is 5.96. The zero-order chi connectivity index (χ0) is 15.5. The molecule has 3 rings (SSSR count). The SMILES string of the molecule is C#CCN1CCCCC1C(=O)Nc1ccc2oc(C)nc2c1. The summed E-state index contributed by atoms with van der Waals surface area (Å²) in [7, 11) is 0. The minimum Gasteiger partial charge on any atom is -0.441 e. The van der Waals surface area contributed by atoms with Crippen molar-refractivity contribution in [2.24, 2.45) is 0 Å². The molecule has 114 valence electrons. The highest BCUT2D eigenvalue weighted by Gasteiger charge is 2.28. The van der Waals surface area contributed by atoms with Crippen molar-refractivity contribution >= 4 is 22.7 Å². The number of likely N-dealkylation sites (tertiary alicyclic amines) is 1. The van der Waals surface area contributed by atoms with Crippen molar-refractivity contribution < 1.29 is 9.21 Å². The molecule has 1 aliphatic heterocycles. The second-order valence-electron chi connectivity index (χ2n) is 5.59. The van der Waals surface area contributed by atoms with Crippen LogP contribution in [0, 0.1) is 19.3 Å². The molecule has 1 aliphatic rings. The Hall–Kier alpha value is -2.32. The molecule has 5 nitrogen and oxygen atoms in total. The van der Waals surface area contributed by atoms with E-state index in [0.717, 1.165) is 42.6 Å². The van der Waals surface area contributed by atoms with Gasteiger partial charge in [-0.3, -0.25) is 9.69 Å². The molecule has 1 unspecified atom stereocenters. The number of fused-ring (bicyclic) bond motifs is 1. The van der Waals surface area contributed by atoms with Gasteiger partial charge in [0.25, 0.3) is 0 Å². The predicted molar refractivity (Wildman–Crippen MR) is 85.4 cm³/mol. The smallest absolute Gasteiger partial charge is 0.241 e. The van der Waals surface area contributed by atoms with Crippen molar-refractivity contribution in [1.82, 2.24) is 9.88 Å². The summed E-state index contributed by atoms with van der Waals surface area (Å²) in [6.07, 6.45) is 8.39. The fourth-order valence-corrected chi connectivity index (χ4v) is 2.94. The highest BCUT2D eigenvalue weighted by atomic mass is 16.3. The largest absolute Gasteiger partial charge is 0.441 e. The van der Waals surface area contributed by atoms with Gasteiger partial charge >= 0.3 is 0 Å². The molecule has 2 aromatic rings. The highest BCUT2D eigenvalue weighted by Crippen LogP contribution is 2.22. The Morgan fingerprint density at radius 3 is 3.23 bits per heavy atom. The molecular weight excluding hydrogens is 278 g/mol. The Kier molecular flexibility index (Phi) is 4.12. The van der Waals surface area contributed by atoms with E-state index in [2.05, 4.69) is 21.1 Å². The minimum atomic E-state index is -0.153. The first-order chi connectivity index (χ1) is 10.7. The normalized spacial score (nSPS) is 19.0. The summed E-state index contributed by atoms with van der Waals surface area (Å²) >= 11 is 0. The van der Waals surface area contributed by atoms with Crippen LogP contribution in [0.25, 0.3) is 11.1 Å².